The third-order valence-electron chi connectivity index (χ3n) is 5.47. The van der Waals surface area contributed by atoms with E-state index in [1.807, 2.05) is 36.4 Å². The summed E-state index contributed by atoms with van der Waals surface area (Å²) in [6.07, 6.45) is 1.44. The average Bonchev–Trinajstić information content (AvgIpc) is 3.14. The van der Waals surface area contributed by atoms with Gasteiger partial charge in [-0.25, -0.2) is 4.68 Å². The number of benzene rings is 2. The van der Waals surface area contributed by atoms with E-state index in [1.54, 1.807) is 11.7 Å². The second kappa shape index (κ2) is 12.3. The number of para-hydroxylation sites is 1. The summed E-state index contributed by atoms with van der Waals surface area (Å²) < 4.78 is 1.63. The van der Waals surface area contributed by atoms with Gasteiger partial charge in [0, 0.05) is 25.6 Å². The fraction of sp³-hybridized carbons (Fsp3) is 0.320. The fourth-order valence-electron chi connectivity index (χ4n) is 3.52. The molecule has 0 atom stereocenters. The highest BCUT2D eigenvalue weighted by molar-refractivity contribution is 14.0. The molecule has 0 bridgehead atoms. The van der Waals surface area contributed by atoms with Crippen molar-refractivity contribution in [1.29, 1.82) is 5.26 Å². The van der Waals surface area contributed by atoms with Crippen molar-refractivity contribution < 1.29 is 0 Å². The van der Waals surface area contributed by atoms with Crippen LogP contribution in [0.15, 0.2) is 65.7 Å². The van der Waals surface area contributed by atoms with Crippen LogP contribution in [0.3, 0.4) is 0 Å². The van der Waals surface area contributed by atoms with Crippen molar-refractivity contribution in [2.45, 2.75) is 32.1 Å². The molecule has 0 unspecified atom stereocenters. The molecule has 3 aromatic rings. The van der Waals surface area contributed by atoms with E-state index in [0.717, 1.165) is 24.6 Å². The van der Waals surface area contributed by atoms with E-state index in [0.29, 0.717) is 30.0 Å². The van der Waals surface area contributed by atoms with Crippen LogP contribution in [-0.2, 0) is 11.8 Å². The van der Waals surface area contributed by atoms with Crippen LogP contribution in [0.5, 0.6) is 0 Å². The highest BCUT2D eigenvalue weighted by Crippen LogP contribution is 2.22. The number of aliphatic imine (C=N–C) groups is 1. The predicted molar refractivity (Wildman–Crippen MR) is 145 cm³/mol. The van der Waals surface area contributed by atoms with Crippen LogP contribution in [0.25, 0.3) is 5.69 Å². The molecule has 0 aliphatic carbocycles. The molecule has 2 aromatic carbocycles. The van der Waals surface area contributed by atoms with Gasteiger partial charge in [0.05, 0.1) is 11.4 Å². The predicted octanol–water partition coefficient (Wildman–Crippen LogP) is 4.02. The molecule has 8 heteroatoms. The van der Waals surface area contributed by atoms with Gasteiger partial charge in [-0.05, 0) is 30.5 Å². The van der Waals surface area contributed by atoms with Crippen molar-refractivity contribution >= 4 is 35.8 Å². The third-order valence-corrected chi connectivity index (χ3v) is 5.47. The number of anilines is 1. The van der Waals surface area contributed by atoms with Gasteiger partial charge in [0.25, 0.3) is 0 Å². The topological polar surface area (TPSA) is 104 Å². The monoisotopic (exact) mass is 557 g/mol. The molecule has 0 amide bonds. The number of nitriles is 1. The lowest BCUT2D eigenvalue weighted by molar-refractivity contribution is 0.508. The summed E-state index contributed by atoms with van der Waals surface area (Å²) in [5.74, 6) is 1.13. The van der Waals surface area contributed by atoms with Gasteiger partial charge in [-0.15, -0.1) is 24.0 Å². The van der Waals surface area contributed by atoms with Crippen LogP contribution >= 0.6 is 24.0 Å². The van der Waals surface area contributed by atoms with E-state index >= 15 is 0 Å². The lowest BCUT2D eigenvalue weighted by atomic mass is 9.85. The molecule has 0 saturated carbocycles. The van der Waals surface area contributed by atoms with E-state index < -0.39 is 0 Å². The van der Waals surface area contributed by atoms with E-state index in [2.05, 4.69) is 64.9 Å². The van der Waals surface area contributed by atoms with E-state index in [4.69, 9.17) is 5.73 Å². The van der Waals surface area contributed by atoms with Gasteiger partial charge in [-0.2, -0.15) is 10.4 Å². The molecule has 174 valence electrons. The number of nitrogens with zero attached hydrogens (tertiary/aromatic N) is 4. The van der Waals surface area contributed by atoms with Crippen molar-refractivity contribution in [3.05, 3.63) is 77.5 Å². The molecule has 0 aliphatic rings. The zero-order valence-corrected chi connectivity index (χ0v) is 21.7. The Morgan fingerprint density at radius 1 is 1.09 bits per heavy atom. The smallest absolute Gasteiger partial charge is 0.191 e. The first-order valence-electron chi connectivity index (χ1n) is 10.8. The van der Waals surface area contributed by atoms with Crippen molar-refractivity contribution in [3.8, 4) is 11.8 Å². The van der Waals surface area contributed by atoms with E-state index in [9.17, 15) is 5.26 Å². The van der Waals surface area contributed by atoms with Crippen LogP contribution in [0.4, 0.5) is 5.82 Å². The number of aromatic nitrogens is 2. The maximum Gasteiger partial charge on any atom is 0.191 e. The van der Waals surface area contributed by atoms with Gasteiger partial charge in [0.15, 0.2) is 5.96 Å². The number of nitrogens with one attached hydrogen (secondary N) is 2. The normalized spacial score (nSPS) is 11.4. The highest BCUT2D eigenvalue weighted by Gasteiger charge is 2.20. The number of aryl methyl sites for hydroxylation is 1. The molecule has 0 radical (unpaired) electrons. The van der Waals surface area contributed by atoms with Crippen molar-refractivity contribution in [2.75, 3.05) is 25.9 Å². The zero-order chi connectivity index (χ0) is 23.0. The maximum atomic E-state index is 9.55. The number of hydrogen-bond donors (Lipinski definition) is 3. The van der Waals surface area contributed by atoms with Crippen molar-refractivity contribution in [3.63, 3.8) is 0 Å². The highest BCUT2D eigenvalue weighted by atomic mass is 127. The van der Waals surface area contributed by atoms with Crippen molar-refractivity contribution in [2.24, 2.45) is 4.99 Å². The zero-order valence-electron chi connectivity index (χ0n) is 19.4. The number of rotatable bonds is 8. The Morgan fingerprint density at radius 2 is 1.73 bits per heavy atom. The molecule has 1 heterocycles. The molecule has 3 rings (SSSR count). The standard InChI is InChI=1S/C25H31N7.HI/c1-25(2,19-11-6-4-7-12-19)18-30-24(28-3)29-16-10-15-22-21(17-26)23(27)32(31-22)20-13-8-5-9-14-20;/h4-9,11-14H,10,15-16,18,27H2,1-3H3,(H2,28,29,30);1H. The van der Waals surface area contributed by atoms with Gasteiger partial charge in [0.1, 0.15) is 17.5 Å². The number of halogens is 1. The van der Waals surface area contributed by atoms with Gasteiger partial charge in [-0.1, -0.05) is 62.4 Å². The molecule has 0 fully saturated rings. The van der Waals surface area contributed by atoms with Crippen molar-refractivity contribution in [1.82, 2.24) is 20.4 Å². The average molecular weight is 557 g/mol. The Labute approximate surface area is 213 Å². The van der Waals surface area contributed by atoms with Gasteiger partial charge >= 0.3 is 0 Å². The van der Waals surface area contributed by atoms with Gasteiger partial charge in [-0.3, -0.25) is 4.99 Å². The second-order valence-corrected chi connectivity index (χ2v) is 8.27. The molecular formula is C25H32IN7. The molecule has 1 aromatic heterocycles. The summed E-state index contributed by atoms with van der Waals surface area (Å²) in [6, 6.07) is 22.3. The Kier molecular flexibility index (Phi) is 9.73. The summed E-state index contributed by atoms with van der Waals surface area (Å²) in [5.41, 5.74) is 9.43. The van der Waals surface area contributed by atoms with Crippen LogP contribution in [0.1, 0.15) is 37.1 Å². The quantitative estimate of drug-likeness (QED) is 0.168. The Balaban J connectivity index is 0.00000385. The van der Waals surface area contributed by atoms with E-state index in [1.165, 1.54) is 5.56 Å². The Morgan fingerprint density at radius 3 is 2.33 bits per heavy atom. The summed E-state index contributed by atoms with van der Waals surface area (Å²) in [6.45, 7) is 5.88. The molecule has 7 nitrogen and oxygen atoms in total. The minimum absolute atomic E-state index is 0. The molecular weight excluding hydrogens is 525 g/mol. The molecule has 4 N–H and O–H groups in total. The summed E-state index contributed by atoms with van der Waals surface area (Å²) in [7, 11) is 1.76. The summed E-state index contributed by atoms with van der Waals surface area (Å²) in [4.78, 5) is 4.32. The fourth-order valence-corrected chi connectivity index (χ4v) is 3.52. The number of nitrogens with two attached hydrogens (primary N) is 1. The lowest BCUT2D eigenvalue weighted by Gasteiger charge is -2.26. The molecule has 0 aliphatic heterocycles. The van der Waals surface area contributed by atoms with Gasteiger partial charge < -0.3 is 16.4 Å². The minimum atomic E-state index is -0.0254. The largest absolute Gasteiger partial charge is 0.382 e. The maximum absolute atomic E-state index is 9.55. The van der Waals surface area contributed by atoms with E-state index in [-0.39, 0.29) is 29.4 Å². The summed E-state index contributed by atoms with van der Waals surface area (Å²) in [5, 5.41) is 20.9. The van der Waals surface area contributed by atoms with Crippen LogP contribution in [0, 0.1) is 11.3 Å². The molecule has 33 heavy (non-hydrogen) atoms. The first-order valence-corrected chi connectivity index (χ1v) is 10.8. The minimum Gasteiger partial charge on any atom is -0.382 e. The molecule has 0 spiro atoms. The second-order valence-electron chi connectivity index (χ2n) is 8.27. The third kappa shape index (κ3) is 6.71. The SMILES string of the molecule is CN=C(NCCCc1nn(-c2ccccc2)c(N)c1C#N)NCC(C)(C)c1ccccc1.I. The Bertz CT molecular complexity index is 1080. The molecule has 0 saturated heterocycles. The Hall–Kier alpha value is -3.06. The first-order chi connectivity index (χ1) is 15.5. The lowest BCUT2D eigenvalue weighted by Crippen LogP contribution is -2.43. The first kappa shape index (κ1) is 26.2. The number of hydrogen-bond acceptors (Lipinski definition) is 4. The number of guanidine groups is 1. The van der Waals surface area contributed by atoms with Crippen LogP contribution in [0.2, 0.25) is 0 Å². The summed E-state index contributed by atoms with van der Waals surface area (Å²) >= 11 is 0. The van der Waals surface area contributed by atoms with Crippen LogP contribution < -0.4 is 16.4 Å². The van der Waals surface area contributed by atoms with Gasteiger partial charge in [0.2, 0.25) is 0 Å². The number of nitrogen functional groups attached to an aromatic ring is 1. The van der Waals surface area contributed by atoms with Crippen LogP contribution in [-0.4, -0.2) is 35.9 Å².